The Kier molecular flexibility index (Phi) is 2.21. The van der Waals surface area contributed by atoms with E-state index in [0.29, 0.717) is 17.0 Å². The van der Waals surface area contributed by atoms with Crippen LogP contribution in [0.1, 0.15) is 26.2 Å². The summed E-state index contributed by atoms with van der Waals surface area (Å²) in [6.45, 7) is 3.03. The second-order valence-corrected chi connectivity index (χ2v) is 6.64. The molecule has 2 aliphatic heterocycles. The predicted molar refractivity (Wildman–Crippen MR) is 65.0 cm³/mol. The minimum atomic E-state index is -0.302. The van der Waals surface area contributed by atoms with E-state index in [9.17, 15) is 4.79 Å². The minimum Gasteiger partial charge on any atom is -0.310 e. The molecule has 1 saturated carbocycles. The molecule has 3 aliphatic rings. The summed E-state index contributed by atoms with van der Waals surface area (Å²) in [5.74, 6) is 2.00. The van der Waals surface area contributed by atoms with Crippen LogP contribution < -0.4 is 5.32 Å². The molecule has 2 saturated heterocycles. The van der Waals surface area contributed by atoms with E-state index in [1.807, 2.05) is 16.7 Å². The standard InChI is InChI=1S/C11H17N3OS/c1-7-4-11(6-16-7)9(12)13-10(15)14(11)5-8-2-3-8/h7-8H,2-6H2,1H3,(H2,12,13,15). The summed E-state index contributed by atoms with van der Waals surface area (Å²) in [5, 5.41) is 11.3. The zero-order valence-corrected chi connectivity index (χ0v) is 10.3. The van der Waals surface area contributed by atoms with Crippen LogP contribution in [0.15, 0.2) is 0 Å². The molecule has 3 rings (SSSR count). The molecule has 1 spiro atoms. The highest BCUT2D eigenvalue weighted by molar-refractivity contribution is 8.00. The number of hydrogen-bond donors (Lipinski definition) is 2. The van der Waals surface area contributed by atoms with E-state index in [4.69, 9.17) is 5.41 Å². The van der Waals surface area contributed by atoms with Gasteiger partial charge < -0.3 is 4.90 Å². The highest BCUT2D eigenvalue weighted by atomic mass is 32.2. The summed E-state index contributed by atoms with van der Waals surface area (Å²) in [6, 6.07) is -0.0494. The number of amidine groups is 1. The number of thioether (sulfide) groups is 1. The molecule has 0 radical (unpaired) electrons. The molecule has 2 N–H and O–H groups in total. The predicted octanol–water partition coefficient (Wildman–Crippen LogP) is 1.66. The lowest BCUT2D eigenvalue weighted by Gasteiger charge is -2.32. The highest BCUT2D eigenvalue weighted by Crippen LogP contribution is 2.43. The molecule has 3 fully saturated rings. The monoisotopic (exact) mass is 239 g/mol. The Labute approximate surface area is 99.7 Å². The fourth-order valence-electron chi connectivity index (χ4n) is 2.67. The number of nitrogens with one attached hydrogen (secondary N) is 2. The maximum absolute atomic E-state index is 11.9. The molecule has 5 heteroatoms. The fraction of sp³-hybridized carbons (Fsp3) is 0.818. The number of nitrogens with zero attached hydrogens (tertiary/aromatic N) is 1. The van der Waals surface area contributed by atoms with Crippen LogP contribution in [0.25, 0.3) is 0 Å². The number of hydrogen-bond acceptors (Lipinski definition) is 3. The van der Waals surface area contributed by atoms with Gasteiger partial charge in [-0.25, -0.2) is 4.79 Å². The Morgan fingerprint density at radius 3 is 2.94 bits per heavy atom. The largest absolute Gasteiger partial charge is 0.323 e. The van der Waals surface area contributed by atoms with Gasteiger partial charge >= 0.3 is 6.03 Å². The van der Waals surface area contributed by atoms with E-state index >= 15 is 0 Å². The molecule has 0 aromatic rings. The van der Waals surface area contributed by atoms with Crippen LogP contribution in [-0.2, 0) is 0 Å². The minimum absolute atomic E-state index is 0.0494. The SMILES string of the molecule is CC1CC2(CS1)C(=N)NC(=O)N2CC1CC1. The van der Waals surface area contributed by atoms with Gasteiger partial charge in [0, 0.05) is 17.5 Å². The zero-order chi connectivity index (χ0) is 11.3. The van der Waals surface area contributed by atoms with Crippen molar-refractivity contribution in [2.75, 3.05) is 12.3 Å². The van der Waals surface area contributed by atoms with Crippen molar-refractivity contribution in [2.24, 2.45) is 5.92 Å². The second-order valence-electron chi connectivity index (χ2n) is 5.22. The third kappa shape index (κ3) is 1.44. The first kappa shape index (κ1) is 10.4. The van der Waals surface area contributed by atoms with Crippen LogP contribution in [0.5, 0.6) is 0 Å². The molecule has 88 valence electrons. The molecule has 2 heterocycles. The van der Waals surface area contributed by atoms with Gasteiger partial charge in [0.1, 0.15) is 11.4 Å². The van der Waals surface area contributed by atoms with Gasteiger partial charge in [-0.1, -0.05) is 6.92 Å². The molecule has 4 nitrogen and oxygen atoms in total. The molecule has 0 bridgehead atoms. The lowest BCUT2D eigenvalue weighted by atomic mass is 9.94. The zero-order valence-electron chi connectivity index (χ0n) is 9.45. The smallest absolute Gasteiger partial charge is 0.310 e. The average molecular weight is 239 g/mol. The third-order valence-electron chi connectivity index (χ3n) is 3.83. The van der Waals surface area contributed by atoms with Crippen molar-refractivity contribution in [3.05, 3.63) is 0 Å². The molecule has 16 heavy (non-hydrogen) atoms. The molecular weight excluding hydrogens is 222 g/mol. The van der Waals surface area contributed by atoms with Gasteiger partial charge in [-0.2, -0.15) is 11.8 Å². The van der Waals surface area contributed by atoms with E-state index in [1.165, 1.54) is 12.8 Å². The van der Waals surface area contributed by atoms with E-state index in [1.54, 1.807) is 0 Å². The van der Waals surface area contributed by atoms with Gasteiger partial charge in [0.05, 0.1) is 0 Å². The summed E-state index contributed by atoms with van der Waals surface area (Å²) >= 11 is 1.88. The second kappa shape index (κ2) is 3.39. The molecule has 2 amide bonds. The van der Waals surface area contributed by atoms with Gasteiger partial charge in [0.15, 0.2) is 0 Å². The van der Waals surface area contributed by atoms with Crippen molar-refractivity contribution in [2.45, 2.75) is 37.0 Å². The van der Waals surface area contributed by atoms with E-state index in [0.717, 1.165) is 18.7 Å². The van der Waals surface area contributed by atoms with E-state index in [-0.39, 0.29) is 11.6 Å². The number of amides is 2. The number of urea groups is 1. The van der Waals surface area contributed by atoms with Gasteiger partial charge in [-0.15, -0.1) is 0 Å². The van der Waals surface area contributed by atoms with Crippen molar-refractivity contribution < 1.29 is 4.79 Å². The van der Waals surface area contributed by atoms with Crippen molar-refractivity contribution in [1.82, 2.24) is 10.2 Å². The molecule has 0 aromatic heterocycles. The first-order chi connectivity index (χ1) is 7.62. The Bertz CT molecular complexity index is 355. The first-order valence-electron chi connectivity index (χ1n) is 5.91. The van der Waals surface area contributed by atoms with Crippen molar-refractivity contribution in [3.63, 3.8) is 0 Å². The van der Waals surface area contributed by atoms with Gasteiger partial charge in [0.2, 0.25) is 0 Å². The summed E-state index contributed by atoms with van der Waals surface area (Å²) < 4.78 is 0. The molecule has 2 unspecified atom stereocenters. The lowest BCUT2D eigenvalue weighted by Crippen LogP contribution is -2.50. The summed E-state index contributed by atoms with van der Waals surface area (Å²) in [4.78, 5) is 13.8. The Morgan fingerprint density at radius 1 is 1.62 bits per heavy atom. The molecule has 0 aromatic carbocycles. The van der Waals surface area contributed by atoms with E-state index < -0.39 is 0 Å². The van der Waals surface area contributed by atoms with Crippen LogP contribution in [0.2, 0.25) is 0 Å². The van der Waals surface area contributed by atoms with Gasteiger partial charge in [-0.05, 0) is 25.2 Å². The van der Waals surface area contributed by atoms with Crippen LogP contribution in [0.3, 0.4) is 0 Å². The maximum atomic E-state index is 11.9. The van der Waals surface area contributed by atoms with Gasteiger partial charge in [0.25, 0.3) is 0 Å². The first-order valence-corrected chi connectivity index (χ1v) is 6.96. The maximum Gasteiger partial charge on any atom is 0.323 e. The summed E-state index contributed by atoms with van der Waals surface area (Å²) in [6.07, 6.45) is 3.42. The summed E-state index contributed by atoms with van der Waals surface area (Å²) in [7, 11) is 0. The molecule has 2 atom stereocenters. The van der Waals surface area contributed by atoms with Crippen molar-refractivity contribution in [3.8, 4) is 0 Å². The van der Waals surface area contributed by atoms with Crippen LogP contribution in [-0.4, -0.2) is 39.9 Å². The highest BCUT2D eigenvalue weighted by Gasteiger charge is 2.54. The molecular formula is C11H17N3OS. The average Bonchev–Trinajstić information content (AvgIpc) is 2.92. The summed E-state index contributed by atoms with van der Waals surface area (Å²) in [5.41, 5.74) is -0.302. The Morgan fingerprint density at radius 2 is 2.38 bits per heavy atom. The Hall–Kier alpha value is -0.710. The normalized spacial score (nSPS) is 38.6. The molecule has 1 aliphatic carbocycles. The Balaban J connectivity index is 1.86. The number of carbonyl (C=O) groups excluding carboxylic acids is 1. The van der Waals surface area contributed by atoms with Crippen molar-refractivity contribution in [1.29, 1.82) is 5.41 Å². The van der Waals surface area contributed by atoms with Crippen molar-refractivity contribution >= 4 is 23.6 Å². The number of carbonyl (C=O) groups is 1. The van der Waals surface area contributed by atoms with Crippen LogP contribution in [0.4, 0.5) is 4.79 Å². The van der Waals surface area contributed by atoms with Crippen LogP contribution >= 0.6 is 11.8 Å². The quantitative estimate of drug-likeness (QED) is 0.770. The fourth-order valence-corrected chi connectivity index (χ4v) is 4.04. The number of rotatable bonds is 2. The van der Waals surface area contributed by atoms with Crippen LogP contribution in [0, 0.1) is 11.3 Å². The third-order valence-corrected chi connectivity index (χ3v) is 5.21. The van der Waals surface area contributed by atoms with E-state index in [2.05, 4.69) is 12.2 Å². The lowest BCUT2D eigenvalue weighted by molar-refractivity contribution is 0.176. The topological polar surface area (TPSA) is 56.2 Å². The van der Waals surface area contributed by atoms with Gasteiger partial charge in [-0.3, -0.25) is 10.7 Å².